The van der Waals surface area contributed by atoms with Crippen molar-refractivity contribution in [2.75, 3.05) is 32.7 Å². The van der Waals surface area contributed by atoms with Crippen LogP contribution in [0.5, 0.6) is 0 Å². The van der Waals surface area contributed by atoms with Gasteiger partial charge in [0.1, 0.15) is 0 Å². The molecule has 1 fully saturated rings. The van der Waals surface area contributed by atoms with Crippen LogP contribution >= 0.6 is 0 Å². The largest absolute Gasteiger partial charge is 0.401 e. The molecule has 1 saturated heterocycles. The molecule has 1 aliphatic rings. The third kappa shape index (κ3) is 5.14. The molecule has 0 aromatic carbocycles. The van der Waals surface area contributed by atoms with Crippen LogP contribution in [0.1, 0.15) is 33.1 Å². The minimum atomic E-state index is -4.16. The standard InChI is InChI=1S/C14H26F3N3O/c1-3-13(4-2,9-18)12(21)19-7-11-5-6-20(8-11)10-14(15,16)17/h11H,3-10,18H2,1-2H3,(H,19,21). The highest BCUT2D eigenvalue weighted by Gasteiger charge is 2.36. The van der Waals surface area contributed by atoms with E-state index in [1.54, 1.807) is 0 Å². The number of rotatable bonds is 7. The van der Waals surface area contributed by atoms with Crippen LogP contribution < -0.4 is 11.1 Å². The normalized spacial score (nSPS) is 20.8. The van der Waals surface area contributed by atoms with E-state index in [9.17, 15) is 18.0 Å². The summed E-state index contributed by atoms with van der Waals surface area (Å²) in [6.45, 7) is 4.52. The Balaban J connectivity index is 2.41. The van der Waals surface area contributed by atoms with Crippen molar-refractivity contribution in [3.63, 3.8) is 0 Å². The number of carbonyl (C=O) groups is 1. The topological polar surface area (TPSA) is 58.4 Å². The van der Waals surface area contributed by atoms with Crippen molar-refractivity contribution in [1.29, 1.82) is 0 Å². The first-order valence-electron chi connectivity index (χ1n) is 7.53. The molecular formula is C14H26F3N3O. The maximum Gasteiger partial charge on any atom is 0.401 e. The van der Waals surface area contributed by atoms with Crippen LogP contribution in [0.2, 0.25) is 0 Å². The Labute approximate surface area is 124 Å². The quantitative estimate of drug-likeness (QED) is 0.753. The summed E-state index contributed by atoms with van der Waals surface area (Å²) in [4.78, 5) is 13.6. The van der Waals surface area contributed by atoms with Crippen molar-refractivity contribution in [2.45, 2.75) is 39.3 Å². The lowest BCUT2D eigenvalue weighted by atomic mass is 9.81. The molecule has 1 atom stereocenters. The molecule has 0 aliphatic carbocycles. The van der Waals surface area contributed by atoms with Crippen molar-refractivity contribution >= 4 is 5.91 Å². The van der Waals surface area contributed by atoms with E-state index in [2.05, 4.69) is 5.32 Å². The average Bonchev–Trinajstić information content (AvgIpc) is 2.84. The molecule has 1 aliphatic heterocycles. The highest BCUT2D eigenvalue weighted by atomic mass is 19.4. The summed E-state index contributed by atoms with van der Waals surface area (Å²) in [5.74, 6) is 0.00441. The van der Waals surface area contributed by atoms with Crippen molar-refractivity contribution in [2.24, 2.45) is 17.1 Å². The van der Waals surface area contributed by atoms with Crippen LogP contribution in [0.15, 0.2) is 0 Å². The predicted molar refractivity (Wildman–Crippen MR) is 75.7 cm³/mol. The van der Waals surface area contributed by atoms with Gasteiger partial charge < -0.3 is 11.1 Å². The lowest BCUT2D eigenvalue weighted by Gasteiger charge is -2.29. The molecular weight excluding hydrogens is 283 g/mol. The van der Waals surface area contributed by atoms with Gasteiger partial charge in [-0.15, -0.1) is 0 Å². The molecule has 0 spiro atoms. The molecule has 0 saturated carbocycles. The molecule has 1 unspecified atom stereocenters. The summed E-state index contributed by atoms with van der Waals surface area (Å²) in [5, 5.41) is 2.87. The molecule has 124 valence electrons. The van der Waals surface area contributed by atoms with Gasteiger partial charge in [0.05, 0.1) is 12.0 Å². The minimum Gasteiger partial charge on any atom is -0.355 e. The maximum absolute atomic E-state index is 12.3. The molecule has 21 heavy (non-hydrogen) atoms. The number of halogens is 3. The Hall–Kier alpha value is -0.820. The van der Waals surface area contributed by atoms with Gasteiger partial charge in [-0.25, -0.2) is 0 Å². The summed E-state index contributed by atoms with van der Waals surface area (Å²) < 4.78 is 37.0. The number of nitrogens with zero attached hydrogens (tertiary/aromatic N) is 1. The van der Waals surface area contributed by atoms with Crippen molar-refractivity contribution in [1.82, 2.24) is 10.2 Å². The third-order valence-electron chi connectivity index (χ3n) is 4.55. The van der Waals surface area contributed by atoms with E-state index >= 15 is 0 Å². The monoisotopic (exact) mass is 309 g/mol. The smallest absolute Gasteiger partial charge is 0.355 e. The van der Waals surface area contributed by atoms with E-state index in [0.29, 0.717) is 38.9 Å². The number of carbonyl (C=O) groups excluding carboxylic acids is 1. The number of nitrogens with two attached hydrogens (primary N) is 1. The summed E-state index contributed by atoms with van der Waals surface area (Å²) in [7, 11) is 0. The molecule has 0 aromatic rings. The second-order valence-corrected chi connectivity index (χ2v) is 5.91. The Bertz CT molecular complexity index is 335. The highest BCUT2D eigenvalue weighted by Crippen LogP contribution is 2.26. The number of hydrogen-bond donors (Lipinski definition) is 2. The van der Waals surface area contributed by atoms with Gasteiger partial charge in [-0.05, 0) is 31.7 Å². The van der Waals surface area contributed by atoms with Gasteiger partial charge in [-0.3, -0.25) is 9.69 Å². The van der Waals surface area contributed by atoms with Gasteiger partial charge in [0.25, 0.3) is 0 Å². The van der Waals surface area contributed by atoms with Crippen molar-refractivity contribution in [3.05, 3.63) is 0 Å². The zero-order valence-electron chi connectivity index (χ0n) is 12.8. The Morgan fingerprint density at radius 1 is 1.33 bits per heavy atom. The first-order valence-corrected chi connectivity index (χ1v) is 7.53. The molecule has 0 radical (unpaired) electrons. The van der Waals surface area contributed by atoms with E-state index in [1.807, 2.05) is 13.8 Å². The minimum absolute atomic E-state index is 0.0794. The molecule has 0 aromatic heterocycles. The number of alkyl halides is 3. The third-order valence-corrected chi connectivity index (χ3v) is 4.55. The fraction of sp³-hybridized carbons (Fsp3) is 0.929. The van der Waals surface area contributed by atoms with Crippen molar-refractivity contribution < 1.29 is 18.0 Å². The Morgan fingerprint density at radius 3 is 2.43 bits per heavy atom. The van der Waals surface area contributed by atoms with Crippen LogP contribution in [0.4, 0.5) is 13.2 Å². The first-order chi connectivity index (χ1) is 9.76. The molecule has 4 nitrogen and oxygen atoms in total. The summed E-state index contributed by atoms with van der Waals surface area (Å²) >= 11 is 0. The van der Waals surface area contributed by atoms with Gasteiger partial charge in [0, 0.05) is 19.6 Å². The summed E-state index contributed by atoms with van der Waals surface area (Å²) in [6, 6.07) is 0. The molecule has 1 rings (SSSR count). The van der Waals surface area contributed by atoms with Crippen LogP contribution in [0.25, 0.3) is 0 Å². The SMILES string of the molecule is CCC(CC)(CN)C(=O)NCC1CCN(CC(F)(F)F)C1. The van der Waals surface area contributed by atoms with Gasteiger partial charge >= 0.3 is 6.18 Å². The maximum atomic E-state index is 12.3. The molecule has 1 heterocycles. The number of likely N-dealkylation sites (tertiary alicyclic amines) is 1. The molecule has 0 bridgehead atoms. The highest BCUT2D eigenvalue weighted by molar-refractivity contribution is 5.82. The van der Waals surface area contributed by atoms with E-state index in [1.165, 1.54) is 4.90 Å². The fourth-order valence-electron chi connectivity index (χ4n) is 2.85. The number of hydrogen-bond acceptors (Lipinski definition) is 3. The second-order valence-electron chi connectivity index (χ2n) is 5.91. The van der Waals surface area contributed by atoms with Crippen LogP contribution in [0, 0.1) is 11.3 Å². The van der Waals surface area contributed by atoms with Gasteiger partial charge in [-0.1, -0.05) is 13.8 Å². The van der Waals surface area contributed by atoms with Crippen LogP contribution in [-0.4, -0.2) is 49.7 Å². The van der Waals surface area contributed by atoms with Crippen LogP contribution in [0.3, 0.4) is 0 Å². The van der Waals surface area contributed by atoms with Crippen molar-refractivity contribution in [3.8, 4) is 0 Å². The summed E-state index contributed by atoms with van der Waals surface area (Å²) in [5.41, 5.74) is 5.16. The average molecular weight is 309 g/mol. The van der Waals surface area contributed by atoms with E-state index in [0.717, 1.165) is 0 Å². The number of nitrogens with one attached hydrogen (secondary N) is 1. The molecule has 3 N–H and O–H groups in total. The fourth-order valence-corrected chi connectivity index (χ4v) is 2.85. The molecule has 1 amide bonds. The first kappa shape index (κ1) is 18.2. The molecule has 7 heteroatoms. The van der Waals surface area contributed by atoms with Crippen LogP contribution in [-0.2, 0) is 4.79 Å². The predicted octanol–water partition coefficient (Wildman–Crippen LogP) is 1.75. The van der Waals surface area contributed by atoms with E-state index < -0.39 is 18.1 Å². The van der Waals surface area contributed by atoms with Gasteiger partial charge in [-0.2, -0.15) is 13.2 Å². The summed E-state index contributed by atoms with van der Waals surface area (Å²) in [6.07, 6.45) is -2.14. The second kappa shape index (κ2) is 7.45. The Kier molecular flexibility index (Phi) is 6.46. The van der Waals surface area contributed by atoms with E-state index in [-0.39, 0.29) is 18.4 Å². The lowest BCUT2D eigenvalue weighted by Crippen LogP contribution is -2.46. The zero-order chi connectivity index (χ0) is 16.1. The van der Waals surface area contributed by atoms with E-state index in [4.69, 9.17) is 5.73 Å². The van der Waals surface area contributed by atoms with Gasteiger partial charge in [0.15, 0.2) is 0 Å². The zero-order valence-corrected chi connectivity index (χ0v) is 12.8. The van der Waals surface area contributed by atoms with Gasteiger partial charge in [0.2, 0.25) is 5.91 Å². The Morgan fingerprint density at radius 2 is 1.95 bits per heavy atom. The number of amides is 1. The lowest BCUT2D eigenvalue weighted by molar-refractivity contribution is -0.144.